The molecule has 1 aromatic heterocycles. The van der Waals surface area contributed by atoms with Crippen molar-refractivity contribution < 1.29 is 14.3 Å². The molecule has 0 bridgehead atoms. The Hall–Kier alpha value is -3.61. The van der Waals surface area contributed by atoms with Crippen LogP contribution in [0.3, 0.4) is 0 Å². The van der Waals surface area contributed by atoms with E-state index in [1.807, 2.05) is 59.4 Å². The van der Waals surface area contributed by atoms with Gasteiger partial charge in [0, 0.05) is 42.9 Å². The number of likely N-dealkylation sites (tertiary alicyclic amines) is 1. The Morgan fingerprint density at radius 1 is 1.03 bits per heavy atom. The van der Waals surface area contributed by atoms with E-state index in [2.05, 4.69) is 17.4 Å². The van der Waals surface area contributed by atoms with Gasteiger partial charge in [0.25, 0.3) is 0 Å². The maximum Gasteiger partial charge on any atom is 0.409 e. The molecule has 1 aliphatic rings. The third-order valence-electron chi connectivity index (χ3n) is 5.92. The summed E-state index contributed by atoms with van der Waals surface area (Å²) in [6.07, 6.45) is 3.00. The van der Waals surface area contributed by atoms with Gasteiger partial charge in [0.15, 0.2) is 0 Å². The van der Waals surface area contributed by atoms with Crippen molar-refractivity contribution in [2.75, 3.05) is 19.7 Å². The van der Waals surface area contributed by atoms with Crippen LogP contribution in [0.4, 0.5) is 4.79 Å². The molecule has 0 radical (unpaired) electrons. The van der Waals surface area contributed by atoms with Crippen LogP contribution in [0.5, 0.6) is 0 Å². The zero-order chi connectivity index (χ0) is 23.0. The number of piperidine rings is 1. The quantitative estimate of drug-likeness (QED) is 0.593. The van der Waals surface area contributed by atoms with E-state index in [0.29, 0.717) is 45.6 Å². The Balaban J connectivity index is 1.41. The van der Waals surface area contributed by atoms with E-state index in [0.717, 1.165) is 16.8 Å². The lowest BCUT2D eigenvalue weighted by Gasteiger charge is -2.30. The number of amides is 2. The topological polar surface area (TPSA) is 76.5 Å². The van der Waals surface area contributed by atoms with E-state index in [-0.39, 0.29) is 17.9 Å². The first-order valence-corrected chi connectivity index (χ1v) is 11.5. The highest BCUT2D eigenvalue weighted by Gasteiger charge is 2.28. The molecule has 172 valence electrons. The Kier molecular flexibility index (Phi) is 7.40. The van der Waals surface area contributed by atoms with Gasteiger partial charge < -0.3 is 15.0 Å². The molecule has 0 unspecified atom stereocenters. The summed E-state index contributed by atoms with van der Waals surface area (Å²) in [6, 6.07) is 20.2. The molecule has 1 N–H and O–H groups in total. The van der Waals surface area contributed by atoms with Gasteiger partial charge in [-0.1, -0.05) is 60.7 Å². The monoisotopic (exact) mass is 446 g/mol. The van der Waals surface area contributed by atoms with E-state index >= 15 is 0 Å². The summed E-state index contributed by atoms with van der Waals surface area (Å²) >= 11 is 0. The summed E-state index contributed by atoms with van der Waals surface area (Å²) in [5, 5.41) is 7.92. The molecule has 1 aliphatic heterocycles. The van der Waals surface area contributed by atoms with Crippen molar-refractivity contribution in [1.82, 2.24) is 20.0 Å². The van der Waals surface area contributed by atoms with Crippen LogP contribution >= 0.6 is 0 Å². The molecule has 2 aromatic carbocycles. The number of benzene rings is 2. The molecule has 7 nitrogen and oxygen atoms in total. The fourth-order valence-electron chi connectivity index (χ4n) is 4.15. The first-order valence-electron chi connectivity index (χ1n) is 11.5. The summed E-state index contributed by atoms with van der Waals surface area (Å²) in [7, 11) is 0. The first kappa shape index (κ1) is 22.6. The second-order valence-electron chi connectivity index (χ2n) is 8.23. The molecule has 1 fully saturated rings. The Morgan fingerprint density at radius 2 is 1.70 bits per heavy atom. The zero-order valence-corrected chi connectivity index (χ0v) is 18.9. The molecule has 2 amide bonds. The number of hydrogen-bond donors (Lipinski definition) is 1. The molecule has 0 atom stereocenters. The van der Waals surface area contributed by atoms with Crippen molar-refractivity contribution >= 4 is 12.0 Å². The van der Waals surface area contributed by atoms with Gasteiger partial charge in [0.05, 0.1) is 18.8 Å². The van der Waals surface area contributed by atoms with Gasteiger partial charge in [-0.05, 0) is 25.3 Å². The van der Waals surface area contributed by atoms with Crippen LogP contribution < -0.4 is 5.32 Å². The van der Waals surface area contributed by atoms with Crippen LogP contribution in [0.25, 0.3) is 11.3 Å². The SMILES string of the molecule is CCOC(=O)N1CCC(C(=O)NCc2cn(Cc3ccccc3)nc2-c2ccccc2)CC1. The minimum absolute atomic E-state index is 0.0216. The zero-order valence-electron chi connectivity index (χ0n) is 18.9. The number of carbonyl (C=O) groups excluding carboxylic acids is 2. The molecule has 0 aliphatic carbocycles. The summed E-state index contributed by atoms with van der Waals surface area (Å²) < 4.78 is 6.99. The maximum atomic E-state index is 12.8. The Bertz CT molecular complexity index is 1060. The smallest absolute Gasteiger partial charge is 0.409 e. The molecule has 2 heterocycles. The second kappa shape index (κ2) is 10.8. The number of carbonyl (C=O) groups is 2. The van der Waals surface area contributed by atoms with Crippen molar-refractivity contribution in [2.24, 2.45) is 5.92 Å². The minimum atomic E-state index is -0.297. The highest BCUT2D eigenvalue weighted by molar-refractivity contribution is 5.79. The highest BCUT2D eigenvalue weighted by atomic mass is 16.6. The number of rotatable bonds is 7. The fraction of sp³-hybridized carbons (Fsp3) is 0.346. The van der Waals surface area contributed by atoms with Crippen LogP contribution in [-0.4, -0.2) is 46.4 Å². The lowest BCUT2D eigenvalue weighted by Crippen LogP contribution is -2.43. The second-order valence-corrected chi connectivity index (χ2v) is 8.23. The van der Waals surface area contributed by atoms with Crippen molar-refractivity contribution in [1.29, 1.82) is 0 Å². The van der Waals surface area contributed by atoms with Crippen molar-refractivity contribution in [3.05, 3.63) is 78.0 Å². The summed E-state index contributed by atoms with van der Waals surface area (Å²) in [5.41, 5.74) is 4.05. The van der Waals surface area contributed by atoms with Gasteiger partial charge in [0.2, 0.25) is 5.91 Å². The summed E-state index contributed by atoms with van der Waals surface area (Å²) in [4.78, 5) is 26.4. The molecular formula is C26H30N4O3. The normalized spacial score (nSPS) is 14.2. The van der Waals surface area contributed by atoms with Crippen LogP contribution in [-0.2, 0) is 22.6 Å². The van der Waals surface area contributed by atoms with Crippen LogP contribution in [0.2, 0.25) is 0 Å². The molecule has 4 rings (SSSR count). The van der Waals surface area contributed by atoms with E-state index in [4.69, 9.17) is 9.84 Å². The third-order valence-corrected chi connectivity index (χ3v) is 5.92. The Labute approximate surface area is 194 Å². The minimum Gasteiger partial charge on any atom is -0.450 e. The van der Waals surface area contributed by atoms with Gasteiger partial charge in [-0.3, -0.25) is 9.48 Å². The molecule has 0 saturated carbocycles. The van der Waals surface area contributed by atoms with E-state index in [1.54, 1.807) is 11.8 Å². The number of nitrogens with zero attached hydrogens (tertiary/aromatic N) is 3. The fourth-order valence-corrected chi connectivity index (χ4v) is 4.15. The van der Waals surface area contributed by atoms with Gasteiger partial charge in [0.1, 0.15) is 0 Å². The van der Waals surface area contributed by atoms with Crippen LogP contribution in [0.15, 0.2) is 66.9 Å². The molecule has 3 aromatic rings. The predicted octanol–water partition coefficient (Wildman–Crippen LogP) is 4.08. The van der Waals surface area contributed by atoms with Gasteiger partial charge >= 0.3 is 6.09 Å². The third kappa shape index (κ3) is 5.80. The molecular weight excluding hydrogens is 416 g/mol. The number of ether oxygens (including phenoxy) is 1. The average Bonchev–Trinajstić information content (AvgIpc) is 3.26. The van der Waals surface area contributed by atoms with Crippen LogP contribution in [0.1, 0.15) is 30.9 Å². The number of hydrogen-bond acceptors (Lipinski definition) is 4. The van der Waals surface area contributed by atoms with Crippen molar-refractivity contribution in [3.63, 3.8) is 0 Å². The van der Waals surface area contributed by atoms with Gasteiger partial charge in [-0.25, -0.2) is 4.79 Å². The summed E-state index contributed by atoms with van der Waals surface area (Å²) in [6.45, 7) is 4.32. The van der Waals surface area contributed by atoms with Crippen molar-refractivity contribution in [3.8, 4) is 11.3 Å². The standard InChI is InChI=1S/C26H30N4O3/c1-2-33-26(32)29-15-13-22(14-16-29)25(31)27-17-23-19-30(18-20-9-5-3-6-10-20)28-24(23)21-11-7-4-8-12-21/h3-12,19,22H,2,13-18H2,1H3,(H,27,31). The first-order chi connectivity index (χ1) is 16.1. The Morgan fingerprint density at radius 3 is 2.36 bits per heavy atom. The van der Waals surface area contributed by atoms with Crippen molar-refractivity contribution in [2.45, 2.75) is 32.9 Å². The lowest BCUT2D eigenvalue weighted by molar-refractivity contribution is -0.126. The molecule has 33 heavy (non-hydrogen) atoms. The molecule has 1 saturated heterocycles. The van der Waals surface area contributed by atoms with E-state index in [1.165, 1.54) is 5.56 Å². The maximum absolute atomic E-state index is 12.8. The highest BCUT2D eigenvalue weighted by Crippen LogP contribution is 2.23. The van der Waals surface area contributed by atoms with Gasteiger partial charge in [-0.2, -0.15) is 5.10 Å². The van der Waals surface area contributed by atoms with Gasteiger partial charge in [-0.15, -0.1) is 0 Å². The van der Waals surface area contributed by atoms with Crippen LogP contribution in [0, 0.1) is 5.92 Å². The molecule has 0 spiro atoms. The van der Waals surface area contributed by atoms with E-state index < -0.39 is 0 Å². The number of nitrogens with one attached hydrogen (secondary N) is 1. The lowest BCUT2D eigenvalue weighted by atomic mass is 9.96. The van der Waals surface area contributed by atoms with E-state index in [9.17, 15) is 9.59 Å². The number of aromatic nitrogens is 2. The summed E-state index contributed by atoms with van der Waals surface area (Å²) in [5.74, 6) is -0.0801. The predicted molar refractivity (Wildman–Crippen MR) is 126 cm³/mol. The average molecular weight is 447 g/mol. The largest absolute Gasteiger partial charge is 0.450 e. The molecule has 7 heteroatoms.